The minimum Gasteiger partial charge on any atom is -0.499 e. The van der Waals surface area contributed by atoms with Gasteiger partial charge in [-0.2, -0.15) is 0 Å². The van der Waals surface area contributed by atoms with Crippen molar-refractivity contribution in [2.24, 2.45) is 0 Å². The molecule has 2 aromatic rings. The van der Waals surface area contributed by atoms with Gasteiger partial charge in [0.25, 0.3) is 0 Å². The highest BCUT2D eigenvalue weighted by atomic mass is 16.3. The summed E-state index contributed by atoms with van der Waals surface area (Å²) in [6.45, 7) is 1.83. The van der Waals surface area contributed by atoms with E-state index in [1.807, 2.05) is 37.3 Å². The largest absolute Gasteiger partial charge is 0.499 e. The predicted molar refractivity (Wildman–Crippen MR) is 73.9 cm³/mol. The third-order valence-corrected chi connectivity index (χ3v) is 2.75. The number of nitrogens with one attached hydrogen (secondary N) is 1. The van der Waals surface area contributed by atoms with Crippen molar-refractivity contribution in [1.82, 2.24) is 0 Å². The second-order valence-corrected chi connectivity index (χ2v) is 4.37. The molecule has 19 heavy (non-hydrogen) atoms. The molecule has 3 heteroatoms. The molecule has 2 rings (SSSR count). The third kappa shape index (κ3) is 3.75. The van der Waals surface area contributed by atoms with Crippen LogP contribution in [0.25, 0.3) is 0 Å². The van der Waals surface area contributed by atoms with Crippen LogP contribution < -0.4 is 5.32 Å². The molecule has 0 aliphatic carbocycles. The number of hydrogen-bond acceptors (Lipinski definition) is 2. The van der Waals surface area contributed by atoms with Gasteiger partial charge in [-0.25, -0.2) is 0 Å². The average molecular weight is 253 g/mol. The van der Waals surface area contributed by atoms with Crippen LogP contribution in [0.4, 0.5) is 5.69 Å². The first kappa shape index (κ1) is 13.0. The molecule has 0 fully saturated rings. The zero-order valence-corrected chi connectivity index (χ0v) is 10.7. The van der Waals surface area contributed by atoms with Crippen LogP contribution in [0.1, 0.15) is 17.5 Å². The highest BCUT2D eigenvalue weighted by Gasteiger charge is 2.06. The molecule has 0 aliphatic heterocycles. The summed E-state index contributed by atoms with van der Waals surface area (Å²) in [7, 11) is 0. The van der Waals surface area contributed by atoms with E-state index in [-0.39, 0.29) is 11.7 Å². The van der Waals surface area contributed by atoms with Gasteiger partial charge in [-0.3, -0.25) is 4.79 Å². The second-order valence-electron chi connectivity index (χ2n) is 4.37. The van der Waals surface area contributed by atoms with Crippen LogP contribution in [-0.4, -0.2) is 11.0 Å². The number of anilines is 1. The Hall–Kier alpha value is -2.47. The Morgan fingerprint density at radius 3 is 2.74 bits per heavy atom. The first-order chi connectivity index (χ1) is 9.15. The standard InChI is InChI=1S/C16H15NO2/c1-12-7-9-15(18)14(11-12)17-16(19)10-8-13-5-3-2-4-6-13/h2-6,11,18H,8,10H2,1H3,(H,17,19). The van der Waals surface area contributed by atoms with E-state index < -0.39 is 0 Å². The van der Waals surface area contributed by atoms with Gasteiger partial charge < -0.3 is 10.4 Å². The molecule has 0 unspecified atom stereocenters. The fourth-order valence-electron chi connectivity index (χ4n) is 1.76. The van der Waals surface area contributed by atoms with E-state index in [1.165, 1.54) is 0 Å². The summed E-state index contributed by atoms with van der Waals surface area (Å²) >= 11 is 0. The fraction of sp³-hybridized carbons (Fsp3) is 0.188. The molecule has 0 spiro atoms. The van der Waals surface area contributed by atoms with Crippen LogP contribution in [0.15, 0.2) is 36.4 Å². The smallest absolute Gasteiger partial charge is 0.224 e. The molecule has 0 aromatic heterocycles. The van der Waals surface area contributed by atoms with Crippen molar-refractivity contribution in [1.29, 1.82) is 0 Å². The lowest BCUT2D eigenvalue weighted by Gasteiger charge is -2.06. The maximum Gasteiger partial charge on any atom is 0.224 e. The minimum atomic E-state index is -0.127. The zero-order valence-electron chi connectivity index (χ0n) is 10.7. The Labute approximate surface area is 112 Å². The number of amides is 1. The summed E-state index contributed by atoms with van der Waals surface area (Å²) < 4.78 is 0. The molecule has 0 saturated heterocycles. The monoisotopic (exact) mass is 253 g/mol. The van der Waals surface area contributed by atoms with Gasteiger partial charge in [0.05, 0.1) is 5.69 Å². The Kier molecular flexibility index (Phi) is 4.04. The molecule has 0 radical (unpaired) electrons. The lowest BCUT2D eigenvalue weighted by atomic mass is 10.1. The van der Waals surface area contributed by atoms with E-state index in [4.69, 9.17) is 0 Å². The number of carbonyl (C=O) groups excluding carboxylic acids is 1. The van der Waals surface area contributed by atoms with Gasteiger partial charge >= 0.3 is 0 Å². The van der Waals surface area contributed by atoms with E-state index in [0.29, 0.717) is 18.5 Å². The molecule has 0 saturated carbocycles. The van der Waals surface area contributed by atoms with Crippen molar-refractivity contribution in [3.05, 3.63) is 59.7 Å². The molecule has 0 bridgehead atoms. The normalized spacial score (nSPS) is 9.74. The van der Waals surface area contributed by atoms with Gasteiger partial charge in [-0.15, -0.1) is 0 Å². The van der Waals surface area contributed by atoms with Crippen LogP contribution in [0, 0.1) is 19.1 Å². The zero-order chi connectivity index (χ0) is 13.7. The molecule has 0 aliphatic rings. The molecule has 96 valence electrons. The number of rotatable bonds is 4. The highest BCUT2D eigenvalue weighted by Crippen LogP contribution is 2.20. The molecule has 0 heterocycles. The van der Waals surface area contributed by atoms with Gasteiger partial charge in [0, 0.05) is 12.0 Å². The quantitative estimate of drug-likeness (QED) is 0.880. The second kappa shape index (κ2) is 5.92. The molecule has 2 aromatic carbocycles. The van der Waals surface area contributed by atoms with Crippen molar-refractivity contribution in [3.63, 3.8) is 0 Å². The number of hydrogen-bond donors (Lipinski definition) is 2. The maximum absolute atomic E-state index is 11.8. The van der Waals surface area contributed by atoms with E-state index in [0.717, 1.165) is 11.1 Å². The number of aryl methyl sites for hydroxylation is 2. The topological polar surface area (TPSA) is 49.3 Å². The van der Waals surface area contributed by atoms with Crippen molar-refractivity contribution < 1.29 is 9.90 Å². The Balaban J connectivity index is 1.93. The van der Waals surface area contributed by atoms with Crippen molar-refractivity contribution in [3.8, 4) is 5.75 Å². The van der Waals surface area contributed by atoms with Crippen LogP contribution >= 0.6 is 0 Å². The van der Waals surface area contributed by atoms with E-state index in [9.17, 15) is 9.90 Å². The maximum atomic E-state index is 11.8. The van der Waals surface area contributed by atoms with Gasteiger partial charge in [0.2, 0.25) is 5.91 Å². The summed E-state index contributed by atoms with van der Waals surface area (Å²) in [5, 5.41) is 12.2. The van der Waals surface area contributed by atoms with E-state index in [1.54, 1.807) is 6.07 Å². The van der Waals surface area contributed by atoms with Crippen LogP contribution in [0.5, 0.6) is 5.75 Å². The van der Waals surface area contributed by atoms with Gasteiger partial charge in [-0.1, -0.05) is 36.4 Å². The van der Waals surface area contributed by atoms with Crippen molar-refractivity contribution in [2.75, 3.05) is 5.32 Å². The Morgan fingerprint density at radius 1 is 1.26 bits per heavy atom. The summed E-state index contributed by atoms with van der Waals surface area (Å²) in [6, 6.07) is 16.8. The molecule has 2 N–H and O–H groups in total. The fourth-order valence-corrected chi connectivity index (χ4v) is 1.76. The first-order valence-electron chi connectivity index (χ1n) is 6.12. The van der Waals surface area contributed by atoms with Gasteiger partial charge in [0.1, 0.15) is 0 Å². The first-order valence-corrected chi connectivity index (χ1v) is 6.12. The lowest BCUT2D eigenvalue weighted by molar-refractivity contribution is -0.116. The van der Waals surface area contributed by atoms with Gasteiger partial charge in [0.15, 0.2) is 5.75 Å². The molecular weight excluding hydrogens is 238 g/mol. The van der Waals surface area contributed by atoms with Crippen molar-refractivity contribution in [2.45, 2.75) is 19.8 Å². The minimum absolute atomic E-state index is 0.0846. The summed E-state index contributed by atoms with van der Waals surface area (Å²) in [5.41, 5.74) is 2.32. The van der Waals surface area contributed by atoms with Gasteiger partial charge in [-0.05, 0) is 31.0 Å². The molecule has 3 nitrogen and oxygen atoms in total. The van der Waals surface area contributed by atoms with E-state index >= 15 is 0 Å². The molecule has 1 amide bonds. The van der Waals surface area contributed by atoms with E-state index in [2.05, 4.69) is 17.4 Å². The van der Waals surface area contributed by atoms with Crippen LogP contribution in [0.2, 0.25) is 0 Å². The summed E-state index contributed by atoms with van der Waals surface area (Å²) in [6.07, 6.45) is 1.05. The Bertz CT molecular complexity index is 564. The number of aromatic hydroxyl groups is 1. The molecular formula is C16H15NO2. The Morgan fingerprint density at radius 2 is 2.00 bits per heavy atom. The van der Waals surface area contributed by atoms with Crippen LogP contribution in [0.3, 0.4) is 0 Å². The van der Waals surface area contributed by atoms with Crippen molar-refractivity contribution >= 4 is 11.6 Å². The highest BCUT2D eigenvalue weighted by molar-refractivity contribution is 5.92. The summed E-state index contributed by atoms with van der Waals surface area (Å²) in [5.74, 6) is -0.211. The number of benzene rings is 1. The predicted octanol–water partition coefficient (Wildman–Crippen LogP) is 2.87. The SMILES string of the molecule is Cc1c#cc(O)c(NC(=O)CCc2ccccc2)c1. The summed E-state index contributed by atoms with van der Waals surface area (Å²) in [4.78, 5) is 11.8. The van der Waals surface area contributed by atoms with Crippen LogP contribution in [-0.2, 0) is 11.2 Å². The lowest BCUT2D eigenvalue weighted by Crippen LogP contribution is -2.12. The average Bonchev–Trinajstić information content (AvgIpc) is 2.42. The third-order valence-electron chi connectivity index (χ3n) is 2.75. The number of carbonyl (C=O) groups is 1. The molecule has 0 atom stereocenters.